The summed E-state index contributed by atoms with van der Waals surface area (Å²) in [6, 6.07) is 7.53. The molecule has 19 heavy (non-hydrogen) atoms. The van der Waals surface area contributed by atoms with E-state index in [0.29, 0.717) is 6.04 Å². The van der Waals surface area contributed by atoms with Crippen molar-refractivity contribution in [1.29, 1.82) is 0 Å². The van der Waals surface area contributed by atoms with Gasteiger partial charge in [0.2, 0.25) is 0 Å². The quantitative estimate of drug-likeness (QED) is 0.718. The van der Waals surface area contributed by atoms with Crippen molar-refractivity contribution < 1.29 is 0 Å². The van der Waals surface area contributed by atoms with Crippen LogP contribution >= 0.6 is 0 Å². The van der Waals surface area contributed by atoms with Crippen LogP contribution in [0.4, 0.5) is 0 Å². The maximum absolute atomic E-state index is 3.71. The number of benzene rings is 1. The van der Waals surface area contributed by atoms with E-state index in [4.69, 9.17) is 0 Å². The fourth-order valence-corrected chi connectivity index (χ4v) is 2.37. The number of hydrogen-bond acceptors (Lipinski definition) is 1. The van der Waals surface area contributed by atoms with Gasteiger partial charge in [0.15, 0.2) is 0 Å². The Balaban J connectivity index is 2.61. The Morgan fingerprint density at radius 1 is 1.05 bits per heavy atom. The summed E-state index contributed by atoms with van der Waals surface area (Å²) in [5, 5.41) is 3.71. The van der Waals surface area contributed by atoms with Gasteiger partial charge in [0.25, 0.3) is 0 Å². The van der Waals surface area contributed by atoms with Crippen molar-refractivity contribution in [3.8, 4) is 0 Å². The van der Waals surface area contributed by atoms with Crippen molar-refractivity contribution in [2.45, 2.75) is 66.3 Å². The van der Waals surface area contributed by atoms with Gasteiger partial charge in [-0.25, -0.2) is 0 Å². The van der Waals surface area contributed by atoms with Gasteiger partial charge in [-0.1, -0.05) is 39.0 Å². The standard InChI is InChI=1S/C18H31N/c1-6-11-19-18(10-7-14(2)3)13-17-9-8-15(4)16(5)12-17/h8-9,12,14,18-19H,6-7,10-11,13H2,1-5H3. The summed E-state index contributed by atoms with van der Waals surface area (Å²) in [5.41, 5.74) is 4.28. The predicted octanol–water partition coefficient (Wildman–Crippen LogP) is 4.65. The van der Waals surface area contributed by atoms with Crippen LogP contribution in [0.15, 0.2) is 18.2 Å². The van der Waals surface area contributed by atoms with E-state index in [1.807, 2.05) is 0 Å². The second-order valence-corrected chi connectivity index (χ2v) is 6.24. The molecule has 0 aliphatic carbocycles. The van der Waals surface area contributed by atoms with Gasteiger partial charge < -0.3 is 5.32 Å². The first kappa shape index (κ1) is 16.2. The second-order valence-electron chi connectivity index (χ2n) is 6.24. The average molecular weight is 261 g/mol. The van der Waals surface area contributed by atoms with Gasteiger partial charge in [0.05, 0.1) is 0 Å². The molecule has 1 heteroatoms. The first-order valence-corrected chi connectivity index (χ1v) is 7.82. The zero-order valence-corrected chi connectivity index (χ0v) is 13.4. The van der Waals surface area contributed by atoms with Crippen LogP contribution in [0, 0.1) is 19.8 Å². The highest BCUT2D eigenvalue weighted by Crippen LogP contribution is 2.15. The van der Waals surface area contributed by atoms with Crippen LogP contribution in [-0.2, 0) is 6.42 Å². The fourth-order valence-electron chi connectivity index (χ4n) is 2.37. The van der Waals surface area contributed by atoms with Crippen molar-refractivity contribution in [2.24, 2.45) is 5.92 Å². The summed E-state index contributed by atoms with van der Waals surface area (Å²) in [5.74, 6) is 0.797. The Bertz CT molecular complexity index is 368. The van der Waals surface area contributed by atoms with Crippen LogP contribution < -0.4 is 5.32 Å². The highest BCUT2D eigenvalue weighted by Gasteiger charge is 2.10. The lowest BCUT2D eigenvalue weighted by Crippen LogP contribution is -2.32. The molecule has 0 aromatic heterocycles. The summed E-state index contributed by atoms with van der Waals surface area (Å²) in [4.78, 5) is 0. The van der Waals surface area contributed by atoms with Crippen molar-refractivity contribution >= 4 is 0 Å². The minimum atomic E-state index is 0.629. The third-order valence-electron chi connectivity index (χ3n) is 3.83. The molecule has 0 heterocycles. The van der Waals surface area contributed by atoms with Gasteiger partial charge in [-0.3, -0.25) is 0 Å². The molecule has 1 N–H and O–H groups in total. The molecule has 0 saturated carbocycles. The van der Waals surface area contributed by atoms with Crippen LogP contribution in [0.2, 0.25) is 0 Å². The molecule has 0 radical (unpaired) electrons. The first-order valence-electron chi connectivity index (χ1n) is 7.82. The molecular weight excluding hydrogens is 230 g/mol. The third kappa shape index (κ3) is 6.24. The predicted molar refractivity (Wildman–Crippen MR) is 85.8 cm³/mol. The Hall–Kier alpha value is -0.820. The van der Waals surface area contributed by atoms with Crippen molar-refractivity contribution in [3.05, 3.63) is 34.9 Å². The largest absolute Gasteiger partial charge is 0.314 e. The van der Waals surface area contributed by atoms with E-state index in [1.165, 1.54) is 36.0 Å². The number of hydrogen-bond donors (Lipinski definition) is 1. The lowest BCUT2D eigenvalue weighted by molar-refractivity contribution is 0.427. The molecule has 1 unspecified atom stereocenters. The minimum Gasteiger partial charge on any atom is -0.314 e. The van der Waals surface area contributed by atoms with Crippen molar-refractivity contribution in [1.82, 2.24) is 5.32 Å². The van der Waals surface area contributed by atoms with E-state index in [0.717, 1.165) is 18.9 Å². The van der Waals surface area contributed by atoms with Gasteiger partial charge in [-0.15, -0.1) is 0 Å². The van der Waals surface area contributed by atoms with Crippen molar-refractivity contribution in [3.63, 3.8) is 0 Å². The highest BCUT2D eigenvalue weighted by molar-refractivity contribution is 5.30. The van der Waals surface area contributed by atoms with E-state index in [2.05, 4.69) is 58.1 Å². The van der Waals surface area contributed by atoms with Crippen LogP contribution in [0.1, 0.15) is 56.7 Å². The van der Waals surface area contributed by atoms with Crippen LogP contribution in [0.5, 0.6) is 0 Å². The van der Waals surface area contributed by atoms with Gasteiger partial charge in [0, 0.05) is 6.04 Å². The zero-order chi connectivity index (χ0) is 14.3. The van der Waals surface area contributed by atoms with E-state index in [1.54, 1.807) is 0 Å². The average Bonchev–Trinajstić information content (AvgIpc) is 2.37. The molecule has 0 aliphatic heterocycles. The Kier molecular flexibility index (Phi) is 7.15. The molecule has 1 rings (SSSR count). The maximum atomic E-state index is 3.71. The van der Waals surface area contributed by atoms with Crippen LogP contribution in [-0.4, -0.2) is 12.6 Å². The Labute approximate surface area is 119 Å². The van der Waals surface area contributed by atoms with Crippen LogP contribution in [0.25, 0.3) is 0 Å². The second kappa shape index (κ2) is 8.37. The molecule has 1 nitrogen and oxygen atoms in total. The SMILES string of the molecule is CCCNC(CCC(C)C)Cc1ccc(C)c(C)c1. The van der Waals surface area contributed by atoms with E-state index >= 15 is 0 Å². The van der Waals surface area contributed by atoms with E-state index < -0.39 is 0 Å². The summed E-state index contributed by atoms with van der Waals surface area (Å²) < 4.78 is 0. The molecule has 0 aliphatic rings. The van der Waals surface area contributed by atoms with Gasteiger partial charge >= 0.3 is 0 Å². The molecule has 1 aromatic rings. The highest BCUT2D eigenvalue weighted by atomic mass is 14.9. The number of aryl methyl sites for hydroxylation is 2. The Morgan fingerprint density at radius 2 is 1.79 bits per heavy atom. The molecule has 0 saturated heterocycles. The molecule has 0 spiro atoms. The van der Waals surface area contributed by atoms with Gasteiger partial charge in [-0.05, 0) is 68.7 Å². The fraction of sp³-hybridized carbons (Fsp3) is 0.667. The first-order chi connectivity index (χ1) is 9.02. The topological polar surface area (TPSA) is 12.0 Å². The maximum Gasteiger partial charge on any atom is 0.0108 e. The monoisotopic (exact) mass is 261 g/mol. The number of rotatable bonds is 8. The lowest BCUT2D eigenvalue weighted by Gasteiger charge is -2.20. The minimum absolute atomic E-state index is 0.629. The molecular formula is C18H31N. The molecule has 108 valence electrons. The Morgan fingerprint density at radius 3 is 2.37 bits per heavy atom. The third-order valence-corrected chi connectivity index (χ3v) is 3.83. The van der Waals surface area contributed by atoms with E-state index in [-0.39, 0.29) is 0 Å². The summed E-state index contributed by atoms with van der Waals surface area (Å²) in [6.45, 7) is 12.4. The van der Waals surface area contributed by atoms with Gasteiger partial charge in [-0.2, -0.15) is 0 Å². The molecule has 0 amide bonds. The smallest absolute Gasteiger partial charge is 0.0108 e. The van der Waals surface area contributed by atoms with Crippen molar-refractivity contribution in [2.75, 3.05) is 6.54 Å². The molecule has 0 bridgehead atoms. The normalized spacial score (nSPS) is 12.9. The van der Waals surface area contributed by atoms with Gasteiger partial charge in [0.1, 0.15) is 0 Å². The van der Waals surface area contributed by atoms with Crippen LogP contribution in [0.3, 0.4) is 0 Å². The molecule has 1 aromatic carbocycles. The van der Waals surface area contributed by atoms with E-state index in [9.17, 15) is 0 Å². The summed E-state index contributed by atoms with van der Waals surface area (Å²) >= 11 is 0. The number of nitrogens with one attached hydrogen (secondary N) is 1. The summed E-state index contributed by atoms with van der Waals surface area (Å²) in [7, 11) is 0. The molecule has 0 fully saturated rings. The zero-order valence-electron chi connectivity index (χ0n) is 13.4. The molecule has 1 atom stereocenters. The lowest BCUT2D eigenvalue weighted by atomic mass is 9.96. The summed E-state index contributed by atoms with van der Waals surface area (Å²) in [6.07, 6.45) is 4.97.